The maximum absolute atomic E-state index is 12.2. The highest BCUT2D eigenvalue weighted by Gasteiger charge is 2.20. The number of carbonyl (C=O) groups excluding carboxylic acids is 2. The maximum Gasteiger partial charge on any atom is 0.349 e. The lowest BCUT2D eigenvalue weighted by Crippen LogP contribution is -2.30. The summed E-state index contributed by atoms with van der Waals surface area (Å²) in [4.78, 5) is 24.4. The predicted molar refractivity (Wildman–Crippen MR) is 102 cm³/mol. The van der Waals surface area contributed by atoms with Crippen molar-refractivity contribution in [3.63, 3.8) is 0 Å². The molecule has 1 atom stereocenters. The molecule has 0 saturated heterocycles. The fraction of sp³-hybridized carbons (Fsp3) is 0.150. The smallest absolute Gasteiger partial charge is 0.349 e. The Hall–Kier alpha value is -3.30. The van der Waals surface area contributed by atoms with Crippen molar-refractivity contribution in [1.82, 2.24) is 0 Å². The normalized spacial score (nSPS) is 11.9. The third-order valence-corrected chi connectivity index (χ3v) is 3.73. The van der Waals surface area contributed by atoms with E-state index in [4.69, 9.17) is 21.1 Å². The molecule has 1 amide bonds. The second-order valence-electron chi connectivity index (χ2n) is 5.49. The van der Waals surface area contributed by atoms with E-state index in [2.05, 4.69) is 5.32 Å². The van der Waals surface area contributed by atoms with Gasteiger partial charge in [0.15, 0.2) is 6.10 Å². The Balaban J connectivity index is 2.05. The molecule has 2 rings (SSSR count). The zero-order chi connectivity index (χ0) is 19.8. The Kier molecular flexibility index (Phi) is 6.98. The molecule has 0 fully saturated rings. The fourth-order valence-corrected chi connectivity index (χ4v) is 2.31. The van der Waals surface area contributed by atoms with Gasteiger partial charge < -0.3 is 14.8 Å². The molecule has 7 heteroatoms. The van der Waals surface area contributed by atoms with Gasteiger partial charge >= 0.3 is 5.97 Å². The standard InChI is InChI=1S/C20H17ClN2O4/c1-13(19(24)23-17-7-4-6-16(21)11-17)27-20(25)15(12-22)9-14-5-3-8-18(10-14)26-2/h3-11,13H,1-2H3,(H,23,24)/b15-9+/t13-/m0/s1. The third-order valence-electron chi connectivity index (χ3n) is 3.49. The minimum absolute atomic E-state index is 0.231. The summed E-state index contributed by atoms with van der Waals surface area (Å²) in [6.45, 7) is 1.42. The largest absolute Gasteiger partial charge is 0.497 e. The summed E-state index contributed by atoms with van der Waals surface area (Å²) in [7, 11) is 1.52. The SMILES string of the molecule is COc1cccc(/C=C(\C#N)C(=O)O[C@@H](C)C(=O)Nc2cccc(Cl)c2)c1. The number of amides is 1. The van der Waals surface area contributed by atoms with Crippen LogP contribution in [0.3, 0.4) is 0 Å². The Bertz CT molecular complexity index is 918. The van der Waals surface area contributed by atoms with Crippen LogP contribution in [-0.4, -0.2) is 25.1 Å². The Morgan fingerprint density at radius 3 is 2.63 bits per heavy atom. The van der Waals surface area contributed by atoms with E-state index in [1.54, 1.807) is 54.6 Å². The molecule has 2 aromatic carbocycles. The molecular formula is C20H17ClN2O4. The number of carbonyl (C=O) groups is 2. The van der Waals surface area contributed by atoms with E-state index in [1.165, 1.54) is 20.1 Å². The molecule has 27 heavy (non-hydrogen) atoms. The van der Waals surface area contributed by atoms with Crippen molar-refractivity contribution in [3.05, 3.63) is 64.7 Å². The van der Waals surface area contributed by atoms with Crippen LogP contribution in [0.1, 0.15) is 12.5 Å². The van der Waals surface area contributed by atoms with Gasteiger partial charge in [0.05, 0.1) is 7.11 Å². The highest BCUT2D eigenvalue weighted by molar-refractivity contribution is 6.30. The van der Waals surface area contributed by atoms with E-state index in [0.717, 1.165) is 0 Å². The van der Waals surface area contributed by atoms with E-state index < -0.39 is 18.0 Å². The van der Waals surface area contributed by atoms with Crippen LogP contribution < -0.4 is 10.1 Å². The first kappa shape index (κ1) is 20.0. The van der Waals surface area contributed by atoms with Crippen LogP contribution in [0.25, 0.3) is 6.08 Å². The summed E-state index contributed by atoms with van der Waals surface area (Å²) >= 11 is 5.86. The van der Waals surface area contributed by atoms with E-state index in [0.29, 0.717) is 22.0 Å². The van der Waals surface area contributed by atoms with Gasteiger partial charge in [0.2, 0.25) is 0 Å². The molecular weight excluding hydrogens is 368 g/mol. The molecule has 0 unspecified atom stereocenters. The van der Waals surface area contributed by atoms with Crippen molar-refractivity contribution in [2.75, 3.05) is 12.4 Å². The Morgan fingerprint density at radius 2 is 1.96 bits per heavy atom. The van der Waals surface area contributed by atoms with E-state index >= 15 is 0 Å². The number of hydrogen-bond acceptors (Lipinski definition) is 5. The van der Waals surface area contributed by atoms with Crippen LogP contribution in [0, 0.1) is 11.3 Å². The van der Waals surface area contributed by atoms with Gasteiger partial charge in [-0.05, 0) is 48.9 Å². The zero-order valence-corrected chi connectivity index (χ0v) is 15.5. The van der Waals surface area contributed by atoms with Crippen molar-refractivity contribution in [3.8, 4) is 11.8 Å². The fourth-order valence-electron chi connectivity index (χ4n) is 2.12. The molecule has 0 aromatic heterocycles. The van der Waals surface area contributed by atoms with Crippen molar-refractivity contribution in [1.29, 1.82) is 5.26 Å². The van der Waals surface area contributed by atoms with Gasteiger partial charge in [-0.1, -0.05) is 29.8 Å². The summed E-state index contributed by atoms with van der Waals surface area (Å²) < 4.78 is 10.2. The van der Waals surface area contributed by atoms with Crippen LogP contribution in [0.4, 0.5) is 5.69 Å². The average molecular weight is 385 g/mol. The Labute approximate surface area is 162 Å². The molecule has 2 aromatic rings. The maximum atomic E-state index is 12.2. The number of rotatable bonds is 6. The lowest BCUT2D eigenvalue weighted by Gasteiger charge is -2.13. The van der Waals surface area contributed by atoms with E-state index in [9.17, 15) is 14.9 Å². The van der Waals surface area contributed by atoms with Gasteiger partial charge in [0, 0.05) is 10.7 Å². The molecule has 0 aliphatic rings. The van der Waals surface area contributed by atoms with Crippen LogP contribution in [0.2, 0.25) is 5.02 Å². The first-order valence-corrected chi connectivity index (χ1v) is 8.34. The number of nitriles is 1. The van der Waals surface area contributed by atoms with Gasteiger partial charge in [0.25, 0.3) is 5.91 Å². The first-order valence-electron chi connectivity index (χ1n) is 7.96. The van der Waals surface area contributed by atoms with Crippen LogP contribution >= 0.6 is 11.6 Å². The molecule has 1 N–H and O–H groups in total. The summed E-state index contributed by atoms with van der Waals surface area (Å²) in [6.07, 6.45) is 0.269. The number of nitrogens with one attached hydrogen (secondary N) is 1. The first-order chi connectivity index (χ1) is 12.9. The number of anilines is 1. The molecule has 0 radical (unpaired) electrons. The van der Waals surface area contributed by atoms with Crippen molar-refractivity contribution in [2.45, 2.75) is 13.0 Å². The second-order valence-corrected chi connectivity index (χ2v) is 5.93. The lowest BCUT2D eigenvalue weighted by molar-refractivity contribution is -0.148. The summed E-state index contributed by atoms with van der Waals surface area (Å²) in [5, 5.41) is 12.3. The van der Waals surface area contributed by atoms with Crippen molar-refractivity contribution in [2.24, 2.45) is 0 Å². The van der Waals surface area contributed by atoms with E-state index in [1.807, 2.05) is 0 Å². The highest BCUT2D eigenvalue weighted by atomic mass is 35.5. The molecule has 0 saturated carbocycles. The number of nitrogens with zero attached hydrogens (tertiary/aromatic N) is 1. The molecule has 0 aliphatic carbocycles. The highest BCUT2D eigenvalue weighted by Crippen LogP contribution is 2.17. The third kappa shape index (κ3) is 5.87. The second kappa shape index (κ2) is 9.41. The number of esters is 1. The lowest BCUT2D eigenvalue weighted by atomic mass is 10.1. The minimum Gasteiger partial charge on any atom is -0.497 e. The summed E-state index contributed by atoms with van der Waals surface area (Å²) in [5.74, 6) is -0.845. The zero-order valence-electron chi connectivity index (χ0n) is 14.7. The molecule has 0 bridgehead atoms. The molecule has 6 nitrogen and oxygen atoms in total. The summed E-state index contributed by atoms with van der Waals surface area (Å²) in [5.41, 5.74) is 0.840. The number of ether oxygens (including phenoxy) is 2. The predicted octanol–water partition coefficient (Wildman–Crippen LogP) is 3.83. The van der Waals surface area contributed by atoms with Crippen molar-refractivity contribution < 1.29 is 19.1 Å². The molecule has 0 spiro atoms. The molecule has 0 aliphatic heterocycles. The van der Waals surface area contributed by atoms with Gasteiger partial charge in [0.1, 0.15) is 17.4 Å². The van der Waals surface area contributed by atoms with E-state index in [-0.39, 0.29) is 5.57 Å². The van der Waals surface area contributed by atoms with Crippen LogP contribution in [0.5, 0.6) is 5.75 Å². The van der Waals surface area contributed by atoms with Gasteiger partial charge in [-0.3, -0.25) is 4.79 Å². The van der Waals surface area contributed by atoms with Crippen LogP contribution in [-0.2, 0) is 14.3 Å². The quantitative estimate of drug-likeness (QED) is 0.464. The number of benzene rings is 2. The van der Waals surface area contributed by atoms with Gasteiger partial charge in [-0.25, -0.2) is 4.79 Å². The molecule has 138 valence electrons. The minimum atomic E-state index is -1.10. The van der Waals surface area contributed by atoms with Gasteiger partial charge in [-0.15, -0.1) is 0 Å². The number of hydrogen-bond donors (Lipinski definition) is 1. The monoisotopic (exact) mass is 384 g/mol. The van der Waals surface area contributed by atoms with Gasteiger partial charge in [-0.2, -0.15) is 5.26 Å². The topological polar surface area (TPSA) is 88.4 Å². The average Bonchev–Trinajstić information content (AvgIpc) is 2.66. The summed E-state index contributed by atoms with van der Waals surface area (Å²) in [6, 6.07) is 15.2. The van der Waals surface area contributed by atoms with Crippen LogP contribution in [0.15, 0.2) is 54.1 Å². The number of methoxy groups -OCH3 is 1. The molecule has 0 heterocycles. The van der Waals surface area contributed by atoms with Crippen molar-refractivity contribution >= 4 is 35.2 Å². The Morgan fingerprint density at radius 1 is 1.22 bits per heavy atom. The number of halogens is 1.